The molecule has 7 nitrogen and oxygen atoms in total. The summed E-state index contributed by atoms with van der Waals surface area (Å²) in [5.74, 6) is -1.25. The molecule has 0 aromatic heterocycles. The number of nitro benzene ring substituents is 1. The van der Waals surface area contributed by atoms with Crippen molar-refractivity contribution in [1.82, 2.24) is 5.32 Å². The Bertz CT molecular complexity index is 809. The van der Waals surface area contributed by atoms with E-state index in [0.717, 1.165) is 6.07 Å². The molecule has 1 N–H and O–H groups in total. The molecule has 0 bridgehead atoms. The van der Waals surface area contributed by atoms with Crippen molar-refractivity contribution in [3.63, 3.8) is 0 Å². The lowest BCUT2D eigenvalue weighted by Crippen LogP contribution is -2.31. The Morgan fingerprint density at radius 1 is 1.24 bits per heavy atom. The number of esters is 1. The largest absolute Gasteiger partial charge is 0.456 e. The second-order valence-electron chi connectivity index (χ2n) is 5.14. The minimum atomic E-state index is -0.647. The highest BCUT2D eigenvalue weighted by Gasteiger charge is 2.16. The molecule has 130 valence electrons. The molecule has 25 heavy (non-hydrogen) atoms. The van der Waals surface area contributed by atoms with Gasteiger partial charge in [-0.3, -0.25) is 19.7 Å². The lowest BCUT2D eigenvalue weighted by atomic mass is 10.1. The first-order valence-electron chi connectivity index (χ1n) is 7.35. The maximum Gasteiger partial charge on any atom is 0.326 e. The Morgan fingerprint density at radius 3 is 2.64 bits per heavy atom. The SMILES string of the molecule is C[C@H](OC(=O)CNC(=O)c1cccc([N+](=O)[O-])c1)c1ccccc1Cl. The van der Waals surface area contributed by atoms with Crippen molar-refractivity contribution < 1.29 is 19.2 Å². The molecule has 2 aromatic carbocycles. The topological polar surface area (TPSA) is 98.5 Å². The fourth-order valence-corrected chi connectivity index (χ4v) is 2.41. The van der Waals surface area contributed by atoms with E-state index in [2.05, 4.69) is 5.32 Å². The molecule has 8 heteroatoms. The molecule has 2 rings (SSSR count). The molecule has 0 aliphatic heterocycles. The second kappa shape index (κ2) is 8.25. The monoisotopic (exact) mass is 362 g/mol. The van der Waals surface area contributed by atoms with Crippen LogP contribution < -0.4 is 5.32 Å². The van der Waals surface area contributed by atoms with Crippen LogP contribution in [0.2, 0.25) is 5.02 Å². The first-order valence-corrected chi connectivity index (χ1v) is 7.73. The van der Waals surface area contributed by atoms with Crippen LogP contribution >= 0.6 is 11.6 Å². The van der Waals surface area contributed by atoms with Crippen LogP contribution in [0.3, 0.4) is 0 Å². The predicted octanol–water partition coefficient (Wildman–Crippen LogP) is 3.28. The Kier molecular flexibility index (Phi) is 6.08. The minimum Gasteiger partial charge on any atom is -0.456 e. The molecule has 0 spiro atoms. The summed E-state index contributed by atoms with van der Waals surface area (Å²) >= 11 is 6.03. The first-order chi connectivity index (χ1) is 11.9. The number of halogens is 1. The smallest absolute Gasteiger partial charge is 0.326 e. The predicted molar refractivity (Wildman–Crippen MR) is 91.4 cm³/mol. The van der Waals surface area contributed by atoms with Crippen molar-refractivity contribution in [2.45, 2.75) is 13.0 Å². The average molecular weight is 363 g/mol. The van der Waals surface area contributed by atoms with Gasteiger partial charge < -0.3 is 10.1 Å². The maximum absolute atomic E-state index is 12.0. The van der Waals surface area contributed by atoms with Gasteiger partial charge in [-0.05, 0) is 19.1 Å². The number of carbonyl (C=O) groups is 2. The summed E-state index contributed by atoms with van der Waals surface area (Å²) in [6.07, 6.45) is -0.573. The van der Waals surface area contributed by atoms with Crippen LogP contribution in [0.1, 0.15) is 28.9 Å². The maximum atomic E-state index is 12.0. The van der Waals surface area contributed by atoms with Gasteiger partial charge in [0.15, 0.2) is 0 Å². The Balaban J connectivity index is 1.91. The van der Waals surface area contributed by atoms with E-state index in [1.165, 1.54) is 18.2 Å². The van der Waals surface area contributed by atoms with E-state index in [-0.39, 0.29) is 17.8 Å². The minimum absolute atomic E-state index is 0.0844. The summed E-state index contributed by atoms with van der Waals surface area (Å²) in [6, 6.07) is 12.2. The van der Waals surface area contributed by atoms with Crippen molar-refractivity contribution in [3.8, 4) is 0 Å². The van der Waals surface area contributed by atoms with Crippen LogP contribution in [0.4, 0.5) is 5.69 Å². The molecular formula is C17H15ClN2O5. The molecular weight excluding hydrogens is 348 g/mol. The van der Waals surface area contributed by atoms with Gasteiger partial charge in [-0.1, -0.05) is 35.9 Å². The summed E-state index contributed by atoms with van der Waals surface area (Å²) in [5.41, 5.74) is 0.534. The van der Waals surface area contributed by atoms with Gasteiger partial charge in [0.25, 0.3) is 11.6 Å². The fourth-order valence-electron chi connectivity index (χ4n) is 2.12. The lowest BCUT2D eigenvalue weighted by Gasteiger charge is -2.15. The number of amides is 1. The van der Waals surface area contributed by atoms with E-state index in [1.807, 2.05) is 0 Å². The standard InChI is InChI=1S/C17H15ClN2O5/c1-11(14-7-2-3-8-15(14)18)25-16(21)10-19-17(22)12-5-4-6-13(9-12)20(23)24/h2-9,11H,10H2,1H3,(H,19,22)/t11-/m0/s1. The summed E-state index contributed by atoms with van der Waals surface area (Å²) in [6.45, 7) is 1.30. The van der Waals surface area contributed by atoms with Crippen LogP contribution in [0.5, 0.6) is 0 Å². The molecule has 0 saturated heterocycles. The number of nitrogens with one attached hydrogen (secondary N) is 1. The highest BCUT2D eigenvalue weighted by Crippen LogP contribution is 2.24. The number of hydrogen-bond donors (Lipinski definition) is 1. The van der Waals surface area contributed by atoms with Gasteiger partial charge in [-0.25, -0.2) is 0 Å². The third-order valence-corrected chi connectivity index (χ3v) is 3.71. The molecule has 1 atom stereocenters. The molecule has 0 aliphatic carbocycles. The molecule has 0 saturated carbocycles. The number of non-ortho nitro benzene ring substituents is 1. The van der Waals surface area contributed by atoms with Crippen molar-refractivity contribution in [2.75, 3.05) is 6.54 Å². The fraction of sp³-hybridized carbons (Fsp3) is 0.176. The van der Waals surface area contributed by atoms with Crippen molar-refractivity contribution >= 4 is 29.2 Å². The molecule has 0 fully saturated rings. The lowest BCUT2D eigenvalue weighted by molar-refractivity contribution is -0.384. The zero-order valence-electron chi connectivity index (χ0n) is 13.3. The Labute approximate surface area is 148 Å². The number of nitrogens with zero attached hydrogens (tertiary/aromatic N) is 1. The van der Waals surface area contributed by atoms with Gasteiger partial charge in [0.05, 0.1) is 4.92 Å². The molecule has 0 heterocycles. The normalized spacial score (nSPS) is 11.4. The molecule has 2 aromatic rings. The van der Waals surface area contributed by atoms with Crippen LogP contribution in [-0.2, 0) is 9.53 Å². The van der Waals surface area contributed by atoms with E-state index < -0.39 is 22.9 Å². The van der Waals surface area contributed by atoms with E-state index in [9.17, 15) is 19.7 Å². The number of benzene rings is 2. The number of ether oxygens (including phenoxy) is 1. The second-order valence-corrected chi connectivity index (χ2v) is 5.55. The molecule has 0 aliphatic rings. The summed E-state index contributed by atoms with van der Waals surface area (Å²) in [7, 11) is 0. The first kappa shape index (κ1) is 18.4. The van der Waals surface area contributed by atoms with Gasteiger partial charge >= 0.3 is 5.97 Å². The van der Waals surface area contributed by atoms with Crippen molar-refractivity contribution in [2.24, 2.45) is 0 Å². The van der Waals surface area contributed by atoms with Crippen LogP contribution in [0.25, 0.3) is 0 Å². The van der Waals surface area contributed by atoms with Gasteiger partial charge in [0.1, 0.15) is 12.6 Å². The zero-order chi connectivity index (χ0) is 18.4. The number of carbonyl (C=O) groups excluding carboxylic acids is 2. The summed E-state index contributed by atoms with van der Waals surface area (Å²) in [5, 5.41) is 13.6. The molecule has 0 radical (unpaired) electrons. The van der Waals surface area contributed by atoms with Gasteiger partial charge in [0.2, 0.25) is 0 Å². The quantitative estimate of drug-likeness (QED) is 0.483. The van der Waals surface area contributed by atoms with E-state index in [4.69, 9.17) is 16.3 Å². The van der Waals surface area contributed by atoms with Crippen LogP contribution in [-0.4, -0.2) is 23.3 Å². The zero-order valence-corrected chi connectivity index (χ0v) is 14.0. The van der Waals surface area contributed by atoms with Crippen LogP contribution in [0.15, 0.2) is 48.5 Å². The third-order valence-electron chi connectivity index (χ3n) is 3.36. The number of rotatable bonds is 6. The Hall–Kier alpha value is -2.93. The number of hydrogen-bond acceptors (Lipinski definition) is 5. The molecule has 0 unspecified atom stereocenters. The Morgan fingerprint density at radius 2 is 1.96 bits per heavy atom. The average Bonchev–Trinajstić information content (AvgIpc) is 2.60. The van der Waals surface area contributed by atoms with Crippen LogP contribution in [0, 0.1) is 10.1 Å². The highest BCUT2D eigenvalue weighted by molar-refractivity contribution is 6.31. The molecule has 1 amide bonds. The summed E-state index contributed by atoms with van der Waals surface area (Å²) in [4.78, 5) is 33.9. The highest BCUT2D eigenvalue weighted by atomic mass is 35.5. The third kappa shape index (κ3) is 5.02. The van der Waals surface area contributed by atoms with E-state index in [1.54, 1.807) is 31.2 Å². The van der Waals surface area contributed by atoms with Crippen molar-refractivity contribution in [3.05, 3.63) is 74.8 Å². The van der Waals surface area contributed by atoms with E-state index in [0.29, 0.717) is 10.6 Å². The van der Waals surface area contributed by atoms with Gasteiger partial charge in [-0.2, -0.15) is 0 Å². The van der Waals surface area contributed by atoms with Gasteiger partial charge in [-0.15, -0.1) is 0 Å². The van der Waals surface area contributed by atoms with Gasteiger partial charge in [0, 0.05) is 28.3 Å². The van der Waals surface area contributed by atoms with Crippen molar-refractivity contribution in [1.29, 1.82) is 0 Å². The number of nitro groups is 1. The summed E-state index contributed by atoms with van der Waals surface area (Å²) < 4.78 is 5.22. The van der Waals surface area contributed by atoms with E-state index >= 15 is 0 Å².